The summed E-state index contributed by atoms with van der Waals surface area (Å²) in [6.45, 7) is 4.45. The maximum absolute atomic E-state index is 11.5. The number of hydrogen-bond donors (Lipinski definition) is 1. The molecule has 0 unspecified atom stereocenters. The van der Waals surface area contributed by atoms with E-state index >= 15 is 0 Å². The van der Waals surface area contributed by atoms with E-state index in [4.69, 9.17) is 9.15 Å². The van der Waals surface area contributed by atoms with Crippen molar-refractivity contribution in [3.05, 3.63) is 24.2 Å². The van der Waals surface area contributed by atoms with Crippen LogP contribution >= 0.6 is 11.8 Å². The number of aryl methyl sites for hydroxylation is 1. The van der Waals surface area contributed by atoms with Crippen molar-refractivity contribution in [3.63, 3.8) is 0 Å². The number of nitrogens with zero attached hydrogens (tertiary/aromatic N) is 4. The highest BCUT2D eigenvalue weighted by molar-refractivity contribution is 7.99. The fourth-order valence-electron chi connectivity index (χ4n) is 4.49. The molecule has 1 amide bonds. The molecule has 4 rings (SSSR count). The SMILES string of the molecule is CO[C@@H]1C[C@H]2CN(Cc3ccc(Sc4nncn4C)o3)C[C@H]2C[C@H]1NC(C)=O. The van der Waals surface area contributed by atoms with Gasteiger partial charge in [0.15, 0.2) is 10.2 Å². The van der Waals surface area contributed by atoms with Crippen molar-refractivity contribution in [2.24, 2.45) is 18.9 Å². The van der Waals surface area contributed by atoms with Crippen molar-refractivity contribution in [3.8, 4) is 0 Å². The van der Waals surface area contributed by atoms with Gasteiger partial charge in [-0.3, -0.25) is 9.69 Å². The van der Waals surface area contributed by atoms with E-state index in [9.17, 15) is 4.79 Å². The maximum atomic E-state index is 11.5. The highest BCUT2D eigenvalue weighted by Crippen LogP contribution is 2.38. The summed E-state index contributed by atoms with van der Waals surface area (Å²) < 4.78 is 13.5. The minimum atomic E-state index is 0.0175. The topological polar surface area (TPSA) is 85.4 Å². The smallest absolute Gasteiger partial charge is 0.217 e. The van der Waals surface area contributed by atoms with Crippen LogP contribution in [-0.4, -0.2) is 57.9 Å². The molecular weight excluding hydrogens is 378 g/mol. The summed E-state index contributed by atoms with van der Waals surface area (Å²) in [5.74, 6) is 2.18. The van der Waals surface area contributed by atoms with Crippen molar-refractivity contribution < 1.29 is 13.9 Å². The summed E-state index contributed by atoms with van der Waals surface area (Å²) in [6, 6.07) is 4.14. The number of carbonyl (C=O) groups is 1. The average molecular weight is 406 g/mol. The van der Waals surface area contributed by atoms with Crippen molar-refractivity contribution in [2.75, 3.05) is 20.2 Å². The van der Waals surface area contributed by atoms with Crippen LogP contribution in [0.25, 0.3) is 0 Å². The van der Waals surface area contributed by atoms with E-state index in [1.165, 1.54) is 11.8 Å². The van der Waals surface area contributed by atoms with Crippen LogP contribution in [0.3, 0.4) is 0 Å². The lowest BCUT2D eigenvalue weighted by molar-refractivity contribution is -0.121. The van der Waals surface area contributed by atoms with E-state index in [0.29, 0.717) is 11.8 Å². The van der Waals surface area contributed by atoms with Gasteiger partial charge in [-0.15, -0.1) is 10.2 Å². The van der Waals surface area contributed by atoms with Gasteiger partial charge in [0.05, 0.1) is 18.7 Å². The van der Waals surface area contributed by atoms with Crippen molar-refractivity contribution in [2.45, 2.75) is 48.7 Å². The van der Waals surface area contributed by atoms with Crippen LogP contribution in [0, 0.1) is 11.8 Å². The van der Waals surface area contributed by atoms with Crippen LogP contribution in [0.1, 0.15) is 25.5 Å². The maximum Gasteiger partial charge on any atom is 0.217 e. The Morgan fingerprint density at radius 3 is 2.82 bits per heavy atom. The molecule has 2 aliphatic rings. The fraction of sp³-hybridized carbons (Fsp3) is 0.632. The summed E-state index contributed by atoms with van der Waals surface area (Å²) in [5, 5.41) is 12.7. The molecule has 2 aromatic heterocycles. The molecule has 8 nitrogen and oxygen atoms in total. The number of methoxy groups -OCH3 is 1. The van der Waals surface area contributed by atoms with E-state index in [-0.39, 0.29) is 18.1 Å². The predicted molar refractivity (Wildman–Crippen MR) is 104 cm³/mol. The number of likely N-dealkylation sites (tertiary alicyclic amines) is 1. The highest BCUT2D eigenvalue weighted by Gasteiger charge is 2.42. The molecule has 1 N–H and O–H groups in total. The van der Waals surface area contributed by atoms with Gasteiger partial charge in [-0.25, -0.2) is 0 Å². The lowest BCUT2D eigenvalue weighted by Gasteiger charge is -2.37. The number of furan rings is 1. The van der Waals surface area contributed by atoms with Crippen LogP contribution in [-0.2, 0) is 23.1 Å². The lowest BCUT2D eigenvalue weighted by atomic mass is 9.77. The summed E-state index contributed by atoms with van der Waals surface area (Å²) in [7, 11) is 3.66. The molecule has 0 aromatic carbocycles. The van der Waals surface area contributed by atoms with E-state index in [0.717, 1.165) is 48.5 Å². The van der Waals surface area contributed by atoms with Crippen LogP contribution in [0.4, 0.5) is 0 Å². The second kappa shape index (κ2) is 8.26. The number of nitrogens with one attached hydrogen (secondary N) is 1. The van der Waals surface area contributed by atoms with Crippen LogP contribution in [0.5, 0.6) is 0 Å². The van der Waals surface area contributed by atoms with Gasteiger partial charge in [0.1, 0.15) is 12.1 Å². The molecule has 1 saturated heterocycles. The van der Waals surface area contributed by atoms with Gasteiger partial charge in [-0.05, 0) is 48.6 Å². The Bertz CT molecular complexity index is 822. The standard InChI is InChI=1S/C19H27N5O3S/c1-12(25)21-16-6-13-8-24(9-14(13)7-17(16)26-3)10-15-4-5-18(27-15)28-19-22-20-11-23(19)2/h4-5,11,13-14,16-17H,6-10H2,1-3H3,(H,21,25)/t13-,14+,16-,17-/m1/s1. The van der Waals surface area contributed by atoms with Crippen molar-refractivity contribution in [1.29, 1.82) is 0 Å². The number of carbonyl (C=O) groups excluding carboxylic acids is 1. The Balaban J connectivity index is 1.35. The highest BCUT2D eigenvalue weighted by atomic mass is 32.2. The summed E-state index contributed by atoms with van der Waals surface area (Å²) in [4.78, 5) is 14.0. The van der Waals surface area contributed by atoms with E-state index in [2.05, 4.69) is 20.4 Å². The van der Waals surface area contributed by atoms with Gasteiger partial charge in [0.2, 0.25) is 5.91 Å². The minimum Gasteiger partial charge on any atom is -0.453 e. The zero-order valence-electron chi connectivity index (χ0n) is 16.5. The summed E-state index contributed by atoms with van der Waals surface area (Å²) >= 11 is 1.48. The normalized spacial score (nSPS) is 27.7. The van der Waals surface area contributed by atoms with E-state index < -0.39 is 0 Å². The quantitative estimate of drug-likeness (QED) is 0.786. The third-order valence-corrected chi connectivity index (χ3v) is 6.73. The van der Waals surface area contributed by atoms with E-state index in [1.54, 1.807) is 20.4 Å². The van der Waals surface area contributed by atoms with Crippen LogP contribution in [0.2, 0.25) is 0 Å². The molecule has 9 heteroatoms. The number of aromatic nitrogens is 3. The van der Waals surface area contributed by atoms with Crippen molar-refractivity contribution in [1.82, 2.24) is 25.0 Å². The van der Waals surface area contributed by atoms with Gasteiger partial charge < -0.3 is 19.0 Å². The van der Waals surface area contributed by atoms with Crippen LogP contribution in [0.15, 0.2) is 33.1 Å². The molecular formula is C19H27N5O3S. The number of rotatable bonds is 6. The molecule has 0 bridgehead atoms. The molecule has 28 heavy (non-hydrogen) atoms. The van der Waals surface area contributed by atoms with Crippen LogP contribution < -0.4 is 5.32 Å². The molecule has 0 spiro atoms. The zero-order chi connectivity index (χ0) is 19.7. The molecule has 1 aliphatic carbocycles. The minimum absolute atomic E-state index is 0.0175. The molecule has 2 fully saturated rings. The largest absolute Gasteiger partial charge is 0.453 e. The average Bonchev–Trinajstić information content (AvgIpc) is 3.35. The predicted octanol–water partition coefficient (Wildman–Crippen LogP) is 1.92. The molecule has 3 heterocycles. The molecule has 2 aromatic rings. The first-order chi connectivity index (χ1) is 13.5. The zero-order valence-corrected chi connectivity index (χ0v) is 17.3. The first-order valence-electron chi connectivity index (χ1n) is 9.64. The summed E-state index contributed by atoms with van der Waals surface area (Å²) in [6.07, 6.45) is 3.75. The second-order valence-corrected chi connectivity index (χ2v) is 8.79. The Morgan fingerprint density at radius 2 is 2.14 bits per heavy atom. The lowest BCUT2D eigenvalue weighted by Crippen LogP contribution is -2.49. The Kier molecular flexibility index (Phi) is 5.75. The number of amides is 1. The fourth-order valence-corrected chi connectivity index (χ4v) is 5.23. The molecule has 152 valence electrons. The molecule has 1 saturated carbocycles. The molecule has 4 atom stereocenters. The monoisotopic (exact) mass is 405 g/mol. The number of hydrogen-bond acceptors (Lipinski definition) is 7. The number of fused-ring (bicyclic) bond motifs is 1. The Morgan fingerprint density at radius 1 is 1.36 bits per heavy atom. The molecule has 1 aliphatic heterocycles. The summed E-state index contributed by atoms with van der Waals surface area (Å²) in [5.41, 5.74) is 0. The van der Waals surface area contributed by atoms with Gasteiger partial charge in [-0.1, -0.05) is 0 Å². The van der Waals surface area contributed by atoms with Crippen molar-refractivity contribution >= 4 is 17.7 Å². The first kappa shape index (κ1) is 19.5. The second-order valence-electron chi connectivity index (χ2n) is 7.81. The Hall–Kier alpha value is -1.84. The van der Waals surface area contributed by atoms with E-state index in [1.807, 2.05) is 23.7 Å². The number of ether oxygens (including phenoxy) is 1. The van der Waals surface area contributed by atoms with Gasteiger partial charge >= 0.3 is 0 Å². The first-order valence-corrected chi connectivity index (χ1v) is 10.5. The molecule has 0 radical (unpaired) electrons. The Labute approximate surface area is 169 Å². The van der Waals surface area contributed by atoms with Gasteiger partial charge in [0, 0.05) is 34.2 Å². The third kappa shape index (κ3) is 4.26. The van der Waals surface area contributed by atoms with Gasteiger partial charge in [-0.2, -0.15) is 0 Å². The van der Waals surface area contributed by atoms with Gasteiger partial charge in [0.25, 0.3) is 0 Å². The third-order valence-electron chi connectivity index (χ3n) is 5.76.